The molecule has 2 aromatic rings. The molecule has 2 aliphatic rings. The number of carbonyl (C=O) groups is 2. The number of nitrogens with zero attached hydrogens (tertiary/aromatic N) is 1. The molecule has 24 heavy (non-hydrogen) atoms. The Labute approximate surface area is 153 Å². The molecule has 2 saturated carbocycles. The summed E-state index contributed by atoms with van der Waals surface area (Å²) in [5.74, 6) is 0.169. The van der Waals surface area contributed by atoms with Crippen LogP contribution < -0.4 is 5.32 Å². The summed E-state index contributed by atoms with van der Waals surface area (Å²) >= 11 is 4.92. The van der Waals surface area contributed by atoms with Gasteiger partial charge in [0.15, 0.2) is 5.13 Å². The molecule has 2 bridgehead atoms. The average Bonchev–Trinajstić information content (AvgIpc) is 3.03. The van der Waals surface area contributed by atoms with Crippen LogP contribution in [0.5, 0.6) is 0 Å². The smallest absolute Gasteiger partial charge is 0.233 e. The Morgan fingerprint density at radius 1 is 1.29 bits per heavy atom. The molecule has 0 saturated heterocycles. The van der Waals surface area contributed by atoms with Crippen LogP contribution in [0.2, 0.25) is 0 Å². The zero-order chi connectivity index (χ0) is 17.3. The van der Waals surface area contributed by atoms with E-state index in [0.717, 1.165) is 27.5 Å². The van der Waals surface area contributed by atoms with E-state index in [1.54, 1.807) is 0 Å². The molecule has 0 radical (unpaired) electrons. The standard InChI is InChI=1S/C18H19BrN2O2S/c1-16(2)17(3)6-7-18(16,9-13(17)22)14(23)21-15-20-11-5-4-10(19)8-12(11)24-15/h4-5,8H,6-7,9H2,1-3H3,(H,20,21,23)/t17-,18-/m1/s1. The number of aromatic nitrogens is 1. The third-order valence-corrected chi connectivity index (χ3v) is 8.14. The second kappa shape index (κ2) is 4.88. The molecular weight excluding hydrogens is 388 g/mol. The van der Waals surface area contributed by atoms with Crippen molar-refractivity contribution >= 4 is 54.3 Å². The molecule has 2 atom stereocenters. The van der Waals surface area contributed by atoms with E-state index in [0.29, 0.717) is 11.6 Å². The molecule has 1 aromatic carbocycles. The van der Waals surface area contributed by atoms with E-state index in [2.05, 4.69) is 40.1 Å². The monoisotopic (exact) mass is 406 g/mol. The molecular formula is C18H19BrN2O2S. The molecule has 1 heterocycles. The van der Waals surface area contributed by atoms with Gasteiger partial charge in [-0.3, -0.25) is 9.59 Å². The van der Waals surface area contributed by atoms with E-state index >= 15 is 0 Å². The largest absolute Gasteiger partial charge is 0.301 e. The van der Waals surface area contributed by atoms with Gasteiger partial charge >= 0.3 is 0 Å². The number of ketones is 1. The van der Waals surface area contributed by atoms with Crippen molar-refractivity contribution in [3.8, 4) is 0 Å². The maximum Gasteiger partial charge on any atom is 0.233 e. The number of rotatable bonds is 2. The summed E-state index contributed by atoms with van der Waals surface area (Å²) in [6.45, 7) is 6.16. The molecule has 1 aromatic heterocycles. The number of Topliss-reactive ketones (excluding diaryl/α,β-unsaturated/α-hetero) is 1. The van der Waals surface area contributed by atoms with E-state index in [4.69, 9.17) is 0 Å². The van der Waals surface area contributed by atoms with Crippen LogP contribution in [0.1, 0.15) is 40.0 Å². The first kappa shape index (κ1) is 16.2. The summed E-state index contributed by atoms with van der Waals surface area (Å²) < 4.78 is 2.01. The highest BCUT2D eigenvalue weighted by Crippen LogP contribution is 2.70. The third kappa shape index (κ3) is 1.87. The minimum Gasteiger partial charge on any atom is -0.301 e. The maximum atomic E-state index is 13.1. The highest BCUT2D eigenvalue weighted by atomic mass is 79.9. The van der Waals surface area contributed by atoms with Crippen LogP contribution in [0.3, 0.4) is 0 Å². The highest BCUT2D eigenvalue weighted by molar-refractivity contribution is 9.10. The van der Waals surface area contributed by atoms with Gasteiger partial charge < -0.3 is 5.32 Å². The minimum atomic E-state index is -0.614. The van der Waals surface area contributed by atoms with Crippen molar-refractivity contribution in [3.05, 3.63) is 22.7 Å². The fourth-order valence-electron chi connectivity index (χ4n) is 4.53. The Morgan fingerprint density at radius 3 is 2.67 bits per heavy atom. The SMILES string of the molecule is CC1(C)[C@]2(C(=O)Nc3nc4ccc(Br)cc4s3)CC[C@]1(C)C(=O)C2. The number of carbonyl (C=O) groups excluding carboxylic acids is 2. The van der Waals surface area contributed by atoms with Gasteiger partial charge in [-0.05, 0) is 36.5 Å². The van der Waals surface area contributed by atoms with Crippen molar-refractivity contribution in [2.24, 2.45) is 16.2 Å². The third-order valence-electron chi connectivity index (χ3n) is 6.71. The molecule has 4 rings (SSSR count). The molecule has 1 N–H and O–H groups in total. The summed E-state index contributed by atoms with van der Waals surface area (Å²) in [7, 11) is 0. The fraction of sp³-hybridized carbons (Fsp3) is 0.500. The lowest BCUT2D eigenvalue weighted by Crippen LogP contribution is -2.43. The minimum absolute atomic E-state index is 0.0554. The summed E-state index contributed by atoms with van der Waals surface area (Å²) in [6.07, 6.45) is 1.91. The lowest BCUT2D eigenvalue weighted by molar-refractivity contribution is -0.131. The summed E-state index contributed by atoms with van der Waals surface area (Å²) in [5, 5.41) is 3.61. The Bertz CT molecular complexity index is 890. The van der Waals surface area contributed by atoms with Crippen LogP contribution in [-0.4, -0.2) is 16.7 Å². The second-order valence-electron chi connectivity index (χ2n) is 7.72. The van der Waals surface area contributed by atoms with Gasteiger partial charge in [0.25, 0.3) is 0 Å². The number of thiazole rings is 1. The lowest BCUT2D eigenvalue weighted by Gasteiger charge is -2.38. The van der Waals surface area contributed by atoms with E-state index in [-0.39, 0.29) is 22.5 Å². The number of halogens is 1. The number of hydrogen-bond donors (Lipinski definition) is 1. The molecule has 0 spiro atoms. The van der Waals surface area contributed by atoms with Crippen LogP contribution in [-0.2, 0) is 9.59 Å². The van der Waals surface area contributed by atoms with Gasteiger partial charge in [0, 0.05) is 16.3 Å². The summed E-state index contributed by atoms with van der Waals surface area (Å²) in [5.41, 5.74) is -0.463. The van der Waals surface area contributed by atoms with Gasteiger partial charge in [0.2, 0.25) is 5.91 Å². The first-order chi connectivity index (χ1) is 11.2. The first-order valence-corrected chi connectivity index (χ1v) is 9.71. The van der Waals surface area contributed by atoms with Gasteiger partial charge in [-0.25, -0.2) is 4.98 Å². The Kier molecular flexibility index (Phi) is 3.30. The fourth-order valence-corrected chi connectivity index (χ4v) is 5.94. The summed E-state index contributed by atoms with van der Waals surface area (Å²) in [6, 6.07) is 5.86. The lowest BCUT2D eigenvalue weighted by atomic mass is 9.64. The Morgan fingerprint density at radius 2 is 2.04 bits per heavy atom. The van der Waals surface area contributed by atoms with Gasteiger partial charge in [-0.2, -0.15) is 0 Å². The van der Waals surface area contributed by atoms with E-state index in [1.165, 1.54) is 11.3 Å². The number of fused-ring (bicyclic) bond motifs is 3. The van der Waals surface area contributed by atoms with E-state index in [9.17, 15) is 9.59 Å². The molecule has 0 aliphatic heterocycles. The quantitative estimate of drug-likeness (QED) is 0.779. The molecule has 0 unspecified atom stereocenters. The van der Waals surface area contributed by atoms with Gasteiger partial charge in [-0.1, -0.05) is 48.0 Å². The summed E-state index contributed by atoms with van der Waals surface area (Å²) in [4.78, 5) is 30.2. The number of amides is 1. The average molecular weight is 407 g/mol. The molecule has 4 nitrogen and oxygen atoms in total. The van der Waals surface area contributed by atoms with Crippen LogP contribution >= 0.6 is 27.3 Å². The van der Waals surface area contributed by atoms with E-state index in [1.807, 2.05) is 25.1 Å². The Hall–Kier alpha value is -1.27. The van der Waals surface area contributed by atoms with Gasteiger partial charge in [0.1, 0.15) is 5.78 Å². The zero-order valence-electron chi connectivity index (χ0n) is 13.9. The van der Waals surface area contributed by atoms with Crippen molar-refractivity contribution in [1.29, 1.82) is 0 Å². The number of nitrogens with one attached hydrogen (secondary N) is 1. The normalized spacial score (nSPS) is 30.9. The topological polar surface area (TPSA) is 59.1 Å². The van der Waals surface area contributed by atoms with Crippen molar-refractivity contribution in [2.75, 3.05) is 5.32 Å². The predicted molar refractivity (Wildman–Crippen MR) is 99.1 cm³/mol. The molecule has 2 aliphatic carbocycles. The Balaban J connectivity index is 1.67. The molecule has 1 amide bonds. The van der Waals surface area contributed by atoms with Gasteiger partial charge in [0.05, 0.1) is 15.6 Å². The number of anilines is 1. The van der Waals surface area contributed by atoms with Crippen molar-refractivity contribution in [1.82, 2.24) is 4.98 Å². The van der Waals surface area contributed by atoms with Gasteiger partial charge in [-0.15, -0.1) is 0 Å². The highest BCUT2D eigenvalue weighted by Gasteiger charge is 2.72. The van der Waals surface area contributed by atoms with Crippen molar-refractivity contribution in [3.63, 3.8) is 0 Å². The number of hydrogen-bond acceptors (Lipinski definition) is 4. The molecule has 6 heteroatoms. The first-order valence-electron chi connectivity index (χ1n) is 8.10. The molecule has 2 fully saturated rings. The number of benzene rings is 1. The van der Waals surface area contributed by atoms with Crippen LogP contribution in [0.4, 0.5) is 5.13 Å². The van der Waals surface area contributed by atoms with Crippen LogP contribution in [0, 0.1) is 16.2 Å². The second-order valence-corrected chi connectivity index (χ2v) is 9.67. The van der Waals surface area contributed by atoms with Crippen LogP contribution in [0.25, 0.3) is 10.2 Å². The zero-order valence-corrected chi connectivity index (χ0v) is 16.3. The van der Waals surface area contributed by atoms with Crippen molar-refractivity contribution < 1.29 is 9.59 Å². The molecule has 126 valence electrons. The predicted octanol–water partition coefficient (Wildman–Crippen LogP) is 4.78. The van der Waals surface area contributed by atoms with E-state index < -0.39 is 5.41 Å². The van der Waals surface area contributed by atoms with Crippen molar-refractivity contribution in [2.45, 2.75) is 40.0 Å². The maximum absolute atomic E-state index is 13.1. The van der Waals surface area contributed by atoms with Crippen LogP contribution in [0.15, 0.2) is 22.7 Å².